The summed E-state index contributed by atoms with van der Waals surface area (Å²) < 4.78 is 0. The van der Waals surface area contributed by atoms with Crippen LogP contribution in [0.15, 0.2) is 18.2 Å². The molecule has 1 saturated heterocycles. The maximum Gasteiger partial charge on any atom is 0.238 e. The Morgan fingerprint density at radius 3 is 2.95 bits per heavy atom. The zero-order valence-corrected chi connectivity index (χ0v) is 13.4. The Kier molecular flexibility index (Phi) is 5.45. The van der Waals surface area contributed by atoms with E-state index in [1.807, 2.05) is 0 Å². The van der Waals surface area contributed by atoms with Crippen molar-refractivity contribution in [3.63, 3.8) is 0 Å². The Morgan fingerprint density at radius 2 is 2.24 bits per heavy atom. The van der Waals surface area contributed by atoms with E-state index >= 15 is 0 Å². The van der Waals surface area contributed by atoms with Crippen LogP contribution in [0.1, 0.15) is 13.3 Å². The topological polar surface area (TPSA) is 61.6 Å². The number of piperazine rings is 1. The van der Waals surface area contributed by atoms with Gasteiger partial charge in [-0.1, -0.05) is 18.5 Å². The molecule has 1 heterocycles. The summed E-state index contributed by atoms with van der Waals surface area (Å²) in [6.07, 6.45) is 1.09. The van der Waals surface area contributed by atoms with Crippen LogP contribution in [0.2, 0.25) is 5.02 Å². The second-order valence-electron chi connectivity index (χ2n) is 5.57. The van der Waals surface area contributed by atoms with Crippen LogP contribution in [0.5, 0.6) is 0 Å². The van der Waals surface area contributed by atoms with E-state index in [9.17, 15) is 4.79 Å². The first-order chi connectivity index (χ1) is 9.99. The molecule has 1 fully saturated rings. The summed E-state index contributed by atoms with van der Waals surface area (Å²) in [6.45, 7) is 5.38. The number of nitrogen functional groups attached to an aromatic ring is 1. The number of amides is 1. The molecule has 1 atom stereocenters. The number of carbonyl (C=O) groups excluding carboxylic acids is 1. The minimum Gasteiger partial charge on any atom is -0.399 e. The molecule has 3 N–H and O–H groups in total. The van der Waals surface area contributed by atoms with Gasteiger partial charge in [0, 0.05) is 31.4 Å². The van der Waals surface area contributed by atoms with Crippen LogP contribution in [-0.4, -0.2) is 55.0 Å². The van der Waals surface area contributed by atoms with E-state index in [0.29, 0.717) is 29.0 Å². The first kappa shape index (κ1) is 16.1. The molecule has 1 unspecified atom stereocenters. The molecule has 1 aromatic rings. The molecule has 0 aromatic heterocycles. The molecular weight excluding hydrogens is 288 g/mol. The second-order valence-corrected chi connectivity index (χ2v) is 5.97. The van der Waals surface area contributed by atoms with Crippen LogP contribution in [0.4, 0.5) is 11.4 Å². The molecule has 1 aromatic carbocycles. The van der Waals surface area contributed by atoms with Gasteiger partial charge in [0.05, 0.1) is 17.3 Å². The van der Waals surface area contributed by atoms with E-state index in [-0.39, 0.29) is 5.91 Å². The van der Waals surface area contributed by atoms with Crippen molar-refractivity contribution in [2.24, 2.45) is 0 Å². The number of likely N-dealkylation sites (N-methyl/N-ethyl adjacent to an activating group) is 1. The first-order valence-corrected chi connectivity index (χ1v) is 7.65. The zero-order valence-electron chi connectivity index (χ0n) is 12.6. The van der Waals surface area contributed by atoms with E-state index in [1.165, 1.54) is 0 Å². The van der Waals surface area contributed by atoms with Crippen molar-refractivity contribution in [3.8, 4) is 0 Å². The standard InChI is InChI=1S/C15H23ClN4O/c1-3-12-9-20(7-6-19(12)2)10-15(21)18-14-8-11(17)4-5-13(14)16/h4-5,8,12H,3,6-7,9-10,17H2,1-2H3,(H,18,21). The van der Waals surface area contributed by atoms with E-state index < -0.39 is 0 Å². The number of halogens is 1. The highest BCUT2D eigenvalue weighted by Gasteiger charge is 2.24. The molecule has 0 aliphatic carbocycles. The fraction of sp³-hybridized carbons (Fsp3) is 0.533. The molecule has 1 amide bonds. The molecule has 5 nitrogen and oxygen atoms in total. The van der Waals surface area contributed by atoms with Gasteiger partial charge in [0.25, 0.3) is 0 Å². The SMILES string of the molecule is CCC1CN(CC(=O)Nc2cc(N)ccc2Cl)CCN1C. The molecule has 0 spiro atoms. The number of hydrogen-bond donors (Lipinski definition) is 2. The average molecular weight is 311 g/mol. The summed E-state index contributed by atoms with van der Waals surface area (Å²) in [5, 5.41) is 3.34. The molecule has 2 rings (SSSR count). The third kappa shape index (κ3) is 4.33. The highest BCUT2D eigenvalue weighted by molar-refractivity contribution is 6.33. The van der Waals surface area contributed by atoms with Crippen LogP contribution in [-0.2, 0) is 4.79 Å². The smallest absolute Gasteiger partial charge is 0.238 e. The molecule has 0 radical (unpaired) electrons. The van der Waals surface area contributed by atoms with Gasteiger partial charge >= 0.3 is 0 Å². The summed E-state index contributed by atoms with van der Waals surface area (Å²) in [4.78, 5) is 16.7. The summed E-state index contributed by atoms with van der Waals surface area (Å²) in [5.74, 6) is -0.0538. The third-order valence-corrected chi connectivity index (χ3v) is 4.29. The fourth-order valence-corrected chi connectivity index (χ4v) is 2.79. The number of nitrogens with zero attached hydrogens (tertiary/aromatic N) is 2. The van der Waals surface area contributed by atoms with Crippen molar-refractivity contribution in [3.05, 3.63) is 23.2 Å². The van der Waals surface area contributed by atoms with Gasteiger partial charge < -0.3 is 16.0 Å². The lowest BCUT2D eigenvalue weighted by atomic mass is 10.1. The van der Waals surface area contributed by atoms with Gasteiger partial charge in [0.15, 0.2) is 0 Å². The number of rotatable bonds is 4. The molecular formula is C15H23ClN4O. The summed E-state index contributed by atoms with van der Waals surface area (Å²) in [6, 6.07) is 5.60. The summed E-state index contributed by atoms with van der Waals surface area (Å²) >= 11 is 6.06. The first-order valence-electron chi connectivity index (χ1n) is 7.27. The Morgan fingerprint density at radius 1 is 1.48 bits per heavy atom. The number of benzene rings is 1. The molecule has 0 bridgehead atoms. The van der Waals surface area contributed by atoms with E-state index in [4.69, 9.17) is 17.3 Å². The molecule has 6 heteroatoms. The van der Waals surface area contributed by atoms with Gasteiger partial charge in [-0.15, -0.1) is 0 Å². The number of hydrogen-bond acceptors (Lipinski definition) is 4. The van der Waals surface area contributed by atoms with Gasteiger partial charge in [0.2, 0.25) is 5.91 Å². The van der Waals surface area contributed by atoms with Gasteiger partial charge in [-0.3, -0.25) is 9.69 Å². The molecule has 0 saturated carbocycles. The maximum atomic E-state index is 12.2. The average Bonchev–Trinajstić information content (AvgIpc) is 2.45. The predicted molar refractivity (Wildman–Crippen MR) is 87.6 cm³/mol. The number of nitrogens with two attached hydrogens (primary N) is 1. The minimum atomic E-state index is -0.0538. The monoisotopic (exact) mass is 310 g/mol. The number of nitrogens with one attached hydrogen (secondary N) is 1. The highest BCUT2D eigenvalue weighted by atomic mass is 35.5. The maximum absolute atomic E-state index is 12.2. The van der Waals surface area contributed by atoms with Crippen molar-refractivity contribution in [2.45, 2.75) is 19.4 Å². The zero-order chi connectivity index (χ0) is 15.4. The number of carbonyl (C=O) groups is 1. The van der Waals surface area contributed by atoms with Crippen molar-refractivity contribution in [2.75, 3.05) is 44.3 Å². The van der Waals surface area contributed by atoms with E-state index in [1.54, 1.807) is 18.2 Å². The van der Waals surface area contributed by atoms with Crippen molar-refractivity contribution in [1.82, 2.24) is 9.80 Å². The Bertz CT molecular complexity index is 508. The van der Waals surface area contributed by atoms with Gasteiger partial charge in [-0.25, -0.2) is 0 Å². The Labute approximate surface area is 131 Å². The molecule has 1 aliphatic rings. The van der Waals surface area contributed by atoms with Crippen molar-refractivity contribution < 1.29 is 4.79 Å². The van der Waals surface area contributed by atoms with Crippen LogP contribution >= 0.6 is 11.6 Å². The van der Waals surface area contributed by atoms with Gasteiger partial charge in [0.1, 0.15) is 0 Å². The third-order valence-electron chi connectivity index (χ3n) is 3.96. The van der Waals surface area contributed by atoms with Crippen LogP contribution in [0.25, 0.3) is 0 Å². The molecule has 1 aliphatic heterocycles. The van der Waals surface area contributed by atoms with Crippen LogP contribution < -0.4 is 11.1 Å². The lowest BCUT2D eigenvalue weighted by molar-refractivity contribution is -0.118. The van der Waals surface area contributed by atoms with E-state index in [0.717, 1.165) is 26.1 Å². The second kappa shape index (κ2) is 7.11. The summed E-state index contributed by atoms with van der Waals surface area (Å²) in [5.41, 5.74) is 6.87. The van der Waals surface area contributed by atoms with E-state index in [2.05, 4.69) is 29.1 Å². The Hall–Kier alpha value is -1.30. The van der Waals surface area contributed by atoms with Crippen molar-refractivity contribution in [1.29, 1.82) is 0 Å². The van der Waals surface area contributed by atoms with Gasteiger partial charge in [-0.2, -0.15) is 0 Å². The fourth-order valence-electron chi connectivity index (χ4n) is 2.63. The predicted octanol–water partition coefficient (Wildman–Crippen LogP) is 1.89. The highest BCUT2D eigenvalue weighted by Crippen LogP contribution is 2.24. The quantitative estimate of drug-likeness (QED) is 0.834. The normalized spacial score (nSPS) is 20.4. The molecule has 21 heavy (non-hydrogen) atoms. The van der Waals surface area contributed by atoms with Crippen LogP contribution in [0.3, 0.4) is 0 Å². The van der Waals surface area contributed by atoms with Crippen molar-refractivity contribution >= 4 is 28.9 Å². The minimum absolute atomic E-state index is 0.0538. The lowest BCUT2D eigenvalue weighted by Gasteiger charge is -2.38. The van der Waals surface area contributed by atoms with Crippen LogP contribution in [0, 0.1) is 0 Å². The lowest BCUT2D eigenvalue weighted by Crippen LogP contribution is -2.52. The largest absolute Gasteiger partial charge is 0.399 e. The molecule has 116 valence electrons. The summed E-state index contributed by atoms with van der Waals surface area (Å²) in [7, 11) is 2.14. The Balaban J connectivity index is 1.91. The van der Waals surface area contributed by atoms with Gasteiger partial charge in [-0.05, 0) is 31.7 Å². The number of anilines is 2.